The molecule has 5 heteroatoms. The molecule has 0 saturated heterocycles. The van der Waals surface area contributed by atoms with E-state index >= 15 is 0 Å². The summed E-state index contributed by atoms with van der Waals surface area (Å²) in [6, 6.07) is 6.21. The minimum absolute atomic E-state index is 0.943. The first kappa shape index (κ1) is 15.9. The lowest BCUT2D eigenvalue weighted by Gasteiger charge is -2.14. The van der Waals surface area contributed by atoms with E-state index in [9.17, 15) is 0 Å². The summed E-state index contributed by atoms with van der Waals surface area (Å²) in [5, 5.41) is 0. The summed E-state index contributed by atoms with van der Waals surface area (Å²) < 4.78 is 2.07. The summed E-state index contributed by atoms with van der Waals surface area (Å²) in [5.74, 6) is 0. The predicted molar refractivity (Wildman–Crippen MR) is 98.1 cm³/mol. The lowest BCUT2D eigenvalue weighted by molar-refractivity contribution is -0.462. The van der Waals surface area contributed by atoms with E-state index in [4.69, 9.17) is 4.99 Å². The lowest BCUT2D eigenvalue weighted by atomic mass is 10.1. The van der Waals surface area contributed by atoms with Crippen molar-refractivity contribution in [1.29, 1.82) is 0 Å². The second-order valence-electron chi connectivity index (χ2n) is 5.16. The van der Waals surface area contributed by atoms with Crippen LogP contribution in [0, 0.1) is 0 Å². The number of benzene rings is 1. The van der Waals surface area contributed by atoms with Crippen molar-refractivity contribution in [3.8, 4) is 0 Å². The van der Waals surface area contributed by atoms with Crippen LogP contribution in [0.2, 0.25) is 0 Å². The van der Waals surface area contributed by atoms with Gasteiger partial charge in [-0.25, -0.2) is 9.57 Å². The molecule has 1 aliphatic rings. The summed E-state index contributed by atoms with van der Waals surface area (Å²) in [4.78, 5) is 7.84. The zero-order valence-electron chi connectivity index (χ0n) is 12.7. The molecule has 0 unspecified atom stereocenters. The number of hydrogen-bond acceptors (Lipinski definition) is 4. The molecule has 0 aromatic heterocycles. The van der Waals surface area contributed by atoms with Crippen molar-refractivity contribution in [2.45, 2.75) is 4.90 Å². The molecule has 0 fully saturated rings. The number of nitrogens with zero attached hydrogens (tertiary/aromatic N) is 3. The molecule has 1 aliphatic carbocycles. The van der Waals surface area contributed by atoms with E-state index in [1.54, 1.807) is 0 Å². The van der Waals surface area contributed by atoms with Crippen LogP contribution in [0.5, 0.6) is 0 Å². The van der Waals surface area contributed by atoms with Crippen LogP contribution in [0.3, 0.4) is 0 Å². The highest BCUT2D eigenvalue weighted by molar-refractivity contribution is 8.68. The second-order valence-corrected chi connectivity index (χ2v) is 6.33. The highest BCUT2D eigenvalue weighted by Gasteiger charge is 2.08. The summed E-state index contributed by atoms with van der Waals surface area (Å²) in [5.41, 5.74) is 4.20. The fraction of sp³-hybridized carbons (Fsp3) is 0.250. The van der Waals surface area contributed by atoms with E-state index in [1.165, 1.54) is 16.5 Å². The summed E-state index contributed by atoms with van der Waals surface area (Å²) in [6.07, 6.45) is 8.20. The lowest BCUT2D eigenvalue weighted by Crippen LogP contribution is -2.11. The van der Waals surface area contributed by atoms with Gasteiger partial charge in [0.1, 0.15) is 14.1 Å². The normalized spacial score (nSPS) is 13.6. The quantitative estimate of drug-likeness (QED) is 0.397. The molecule has 2 rings (SSSR count). The molecule has 3 nitrogen and oxygen atoms in total. The maximum atomic E-state index is 4.71. The van der Waals surface area contributed by atoms with Gasteiger partial charge in [-0.3, -0.25) is 0 Å². The van der Waals surface area contributed by atoms with E-state index < -0.39 is 0 Å². The van der Waals surface area contributed by atoms with Crippen LogP contribution in [-0.4, -0.2) is 44.2 Å². The van der Waals surface area contributed by atoms with Gasteiger partial charge in [-0.2, -0.15) is 0 Å². The van der Waals surface area contributed by atoms with Crippen LogP contribution in [0.25, 0.3) is 0 Å². The second kappa shape index (κ2) is 7.00. The van der Waals surface area contributed by atoms with Crippen molar-refractivity contribution in [3.05, 3.63) is 42.5 Å². The third-order valence-corrected chi connectivity index (χ3v) is 4.29. The molecule has 1 aromatic rings. The van der Waals surface area contributed by atoms with Crippen molar-refractivity contribution >= 4 is 45.3 Å². The van der Waals surface area contributed by atoms with Gasteiger partial charge < -0.3 is 4.90 Å². The molecular weight excluding hydrogens is 298 g/mol. The number of allylic oxidation sites excluding steroid dienone is 4. The van der Waals surface area contributed by atoms with Gasteiger partial charge in [-0.1, -0.05) is 10.8 Å². The Morgan fingerprint density at radius 3 is 2.29 bits per heavy atom. The Kier molecular flexibility index (Phi) is 5.31. The van der Waals surface area contributed by atoms with E-state index in [-0.39, 0.29) is 0 Å². The molecule has 110 valence electrons. The largest absolute Gasteiger partial charge is 0.378 e. The van der Waals surface area contributed by atoms with Crippen molar-refractivity contribution in [2.24, 2.45) is 4.99 Å². The van der Waals surface area contributed by atoms with Gasteiger partial charge in [0.25, 0.3) is 0 Å². The fourth-order valence-corrected chi connectivity index (χ4v) is 2.73. The van der Waals surface area contributed by atoms with Crippen LogP contribution < -0.4 is 4.90 Å². The van der Waals surface area contributed by atoms with Crippen LogP contribution in [0.4, 0.5) is 11.4 Å². The number of anilines is 1. The predicted octanol–water partition coefficient (Wildman–Crippen LogP) is 3.60. The van der Waals surface area contributed by atoms with Gasteiger partial charge in [-0.05, 0) is 30.4 Å². The smallest absolute Gasteiger partial charge is 0.199 e. The summed E-state index contributed by atoms with van der Waals surface area (Å²) in [6.45, 7) is 0. The van der Waals surface area contributed by atoms with Crippen molar-refractivity contribution < 1.29 is 4.58 Å². The summed E-state index contributed by atoms with van der Waals surface area (Å²) in [7, 11) is 9.53. The van der Waals surface area contributed by atoms with Crippen molar-refractivity contribution in [1.82, 2.24) is 0 Å². The molecule has 0 bridgehead atoms. The molecule has 0 amide bonds. The maximum absolute atomic E-state index is 4.71. The van der Waals surface area contributed by atoms with E-state index in [2.05, 4.69) is 45.4 Å². The SMILES string of the molecule is CN(C)c1ccc(N=C2C=CC(=[N+](C)C)C=C2)c(SS)c1. The molecule has 0 atom stereocenters. The number of thiol groups is 1. The van der Waals surface area contributed by atoms with E-state index in [1.807, 2.05) is 46.4 Å². The van der Waals surface area contributed by atoms with E-state index in [0.717, 1.165) is 22.0 Å². The molecule has 0 aliphatic heterocycles. The molecular formula is C16H20N3S2+. The number of hydrogen-bond donors (Lipinski definition) is 1. The standard InChI is InChI=1S/C16H19N3S2/c1-18(2)13-7-5-12(6-8-13)17-15-10-9-14(19(3)4)11-16(15)21-20/h5-11H,1-4H3/p+1. The van der Waals surface area contributed by atoms with Gasteiger partial charge >= 0.3 is 0 Å². The topological polar surface area (TPSA) is 18.6 Å². The van der Waals surface area contributed by atoms with Crippen LogP contribution in [0.15, 0.2) is 52.4 Å². The first-order valence-electron chi connectivity index (χ1n) is 6.63. The Balaban J connectivity index is 2.32. The Bertz CT molecular complexity index is 633. The highest BCUT2D eigenvalue weighted by Crippen LogP contribution is 2.35. The Hall–Kier alpha value is -1.46. The van der Waals surface area contributed by atoms with Gasteiger partial charge in [-0.15, -0.1) is 11.7 Å². The van der Waals surface area contributed by atoms with Crippen molar-refractivity contribution in [3.63, 3.8) is 0 Å². The first-order chi connectivity index (χ1) is 10.0. The van der Waals surface area contributed by atoms with Crippen molar-refractivity contribution in [2.75, 3.05) is 33.1 Å². The Morgan fingerprint density at radius 1 is 1.10 bits per heavy atom. The molecule has 1 aromatic carbocycles. The average Bonchev–Trinajstić information content (AvgIpc) is 2.48. The van der Waals surface area contributed by atoms with E-state index in [0.29, 0.717) is 0 Å². The van der Waals surface area contributed by atoms with Crippen LogP contribution in [-0.2, 0) is 0 Å². The van der Waals surface area contributed by atoms with Crippen LogP contribution >= 0.6 is 22.5 Å². The third-order valence-electron chi connectivity index (χ3n) is 3.17. The zero-order valence-corrected chi connectivity index (χ0v) is 14.4. The minimum atomic E-state index is 0.943. The van der Waals surface area contributed by atoms with Gasteiger partial charge in [0.15, 0.2) is 5.71 Å². The van der Waals surface area contributed by atoms with Crippen LogP contribution in [0.1, 0.15) is 0 Å². The first-order valence-corrected chi connectivity index (χ1v) is 8.50. The monoisotopic (exact) mass is 318 g/mol. The molecule has 0 radical (unpaired) electrons. The zero-order chi connectivity index (χ0) is 15.4. The van der Waals surface area contributed by atoms with Gasteiger partial charge in [0.05, 0.1) is 11.4 Å². The minimum Gasteiger partial charge on any atom is -0.378 e. The fourth-order valence-electron chi connectivity index (χ4n) is 1.91. The highest BCUT2D eigenvalue weighted by atomic mass is 33.1. The Morgan fingerprint density at radius 2 is 1.76 bits per heavy atom. The molecule has 0 saturated carbocycles. The summed E-state index contributed by atoms with van der Waals surface area (Å²) >= 11 is 4.34. The average molecular weight is 318 g/mol. The van der Waals surface area contributed by atoms with Gasteiger partial charge in [0.2, 0.25) is 0 Å². The molecule has 0 heterocycles. The van der Waals surface area contributed by atoms with Gasteiger partial charge in [0, 0.05) is 36.8 Å². The Labute approximate surface area is 135 Å². The maximum Gasteiger partial charge on any atom is 0.199 e. The molecule has 21 heavy (non-hydrogen) atoms. The molecule has 0 spiro atoms. The number of aliphatic imine (C=N–C) groups is 1. The molecule has 0 N–H and O–H groups in total. The third kappa shape index (κ3) is 4.02. The number of rotatable bonds is 3.